The highest BCUT2D eigenvalue weighted by molar-refractivity contribution is 7.13. The minimum Gasteiger partial charge on any atom is -0.481 e. The van der Waals surface area contributed by atoms with Crippen LogP contribution in [0.15, 0.2) is 34.2 Å². The van der Waals surface area contributed by atoms with E-state index in [2.05, 4.69) is 10.1 Å². The molecule has 9 heteroatoms. The molecule has 3 rings (SSSR count). The summed E-state index contributed by atoms with van der Waals surface area (Å²) in [6.45, 7) is -0.237. The monoisotopic (exact) mass is 337 g/mol. The van der Waals surface area contributed by atoms with Crippen LogP contribution in [0.25, 0.3) is 10.7 Å². The molecule has 0 radical (unpaired) electrons. The van der Waals surface area contributed by atoms with Crippen LogP contribution in [0.2, 0.25) is 0 Å². The van der Waals surface area contributed by atoms with E-state index in [9.17, 15) is 13.6 Å². The molecule has 1 amide bonds. The maximum atomic E-state index is 14.0. The van der Waals surface area contributed by atoms with Crippen LogP contribution in [0.5, 0.6) is 5.75 Å². The number of aromatic nitrogens is 2. The van der Waals surface area contributed by atoms with E-state index in [0.29, 0.717) is 5.82 Å². The second-order valence-electron chi connectivity index (χ2n) is 4.38. The Morgan fingerprint density at radius 2 is 2.17 bits per heavy atom. The average Bonchev–Trinajstić information content (AvgIpc) is 3.17. The largest absolute Gasteiger partial charge is 0.481 e. The van der Waals surface area contributed by atoms with Gasteiger partial charge in [-0.25, -0.2) is 8.78 Å². The molecule has 0 atom stereocenters. The lowest BCUT2D eigenvalue weighted by molar-refractivity contribution is 0.0991. The van der Waals surface area contributed by atoms with Gasteiger partial charge in [-0.15, -0.1) is 11.3 Å². The van der Waals surface area contributed by atoms with Gasteiger partial charge in [0, 0.05) is 0 Å². The number of primary amides is 1. The van der Waals surface area contributed by atoms with Crippen molar-refractivity contribution >= 4 is 17.2 Å². The molecule has 0 aliphatic rings. The molecule has 3 aromatic rings. The van der Waals surface area contributed by atoms with Crippen LogP contribution in [-0.2, 0) is 6.61 Å². The minimum absolute atomic E-state index is 0.109. The van der Waals surface area contributed by atoms with E-state index in [1.165, 1.54) is 11.3 Å². The van der Waals surface area contributed by atoms with Crippen molar-refractivity contribution in [3.63, 3.8) is 0 Å². The first-order chi connectivity index (χ1) is 11.1. The van der Waals surface area contributed by atoms with Gasteiger partial charge in [-0.2, -0.15) is 4.98 Å². The highest BCUT2D eigenvalue weighted by atomic mass is 32.1. The summed E-state index contributed by atoms with van der Waals surface area (Å²) in [7, 11) is 0. The number of ether oxygens (including phenoxy) is 1. The SMILES string of the molecule is NC(=O)c1c(F)ccc(OCc2nc(-c3cccs3)no2)c1F. The van der Waals surface area contributed by atoms with Crippen molar-refractivity contribution in [2.24, 2.45) is 5.73 Å². The number of nitrogens with two attached hydrogens (primary N) is 1. The molecule has 6 nitrogen and oxygen atoms in total. The number of halogens is 2. The Hall–Kier alpha value is -2.81. The fourth-order valence-corrected chi connectivity index (χ4v) is 2.48. The van der Waals surface area contributed by atoms with E-state index in [4.69, 9.17) is 15.0 Å². The van der Waals surface area contributed by atoms with Gasteiger partial charge in [-0.05, 0) is 23.6 Å². The number of hydrogen-bond acceptors (Lipinski definition) is 6. The quantitative estimate of drug-likeness (QED) is 0.773. The summed E-state index contributed by atoms with van der Waals surface area (Å²) in [5, 5.41) is 5.63. The normalized spacial score (nSPS) is 10.7. The summed E-state index contributed by atoms with van der Waals surface area (Å²) < 4.78 is 37.5. The van der Waals surface area contributed by atoms with E-state index >= 15 is 0 Å². The molecule has 0 saturated carbocycles. The lowest BCUT2D eigenvalue weighted by Crippen LogP contribution is -2.16. The van der Waals surface area contributed by atoms with Gasteiger partial charge in [-0.1, -0.05) is 11.2 Å². The summed E-state index contributed by atoms with van der Waals surface area (Å²) in [5.74, 6) is -3.29. The minimum atomic E-state index is -1.22. The third kappa shape index (κ3) is 3.04. The topological polar surface area (TPSA) is 91.2 Å². The number of carbonyl (C=O) groups is 1. The predicted molar refractivity (Wildman–Crippen MR) is 76.8 cm³/mol. The van der Waals surface area contributed by atoms with Crippen molar-refractivity contribution in [3.8, 4) is 16.5 Å². The van der Waals surface area contributed by atoms with Crippen LogP contribution >= 0.6 is 11.3 Å². The summed E-state index contributed by atoms with van der Waals surface area (Å²) >= 11 is 1.43. The standard InChI is InChI=1S/C14H9F2N3O3S/c15-7-3-4-8(12(16)11(7)13(17)20)21-6-10-18-14(19-22-10)9-2-1-5-23-9/h1-5H,6H2,(H2,17,20). The number of benzene rings is 1. The molecule has 2 N–H and O–H groups in total. The van der Waals surface area contributed by atoms with Crippen LogP contribution in [0, 0.1) is 11.6 Å². The van der Waals surface area contributed by atoms with Crippen LogP contribution in [-0.4, -0.2) is 16.0 Å². The molecule has 0 aliphatic heterocycles. The van der Waals surface area contributed by atoms with E-state index in [1.807, 2.05) is 17.5 Å². The molecule has 0 spiro atoms. The molecule has 118 valence electrons. The average molecular weight is 337 g/mol. The fraction of sp³-hybridized carbons (Fsp3) is 0.0714. The number of carbonyl (C=O) groups excluding carboxylic acids is 1. The van der Waals surface area contributed by atoms with E-state index in [-0.39, 0.29) is 18.2 Å². The van der Waals surface area contributed by atoms with Gasteiger partial charge in [0.25, 0.3) is 11.8 Å². The molecule has 1 aromatic carbocycles. The van der Waals surface area contributed by atoms with E-state index < -0.39 is 23.1 Å². The molecule has 2 aromatic heterocycles. The molecule has 0 unspecified atom stereocenters. The molecule has 23 heavy (non-hydrogen) atoms. The van der Waals surface area contributed by atoms with E-state index in [0.717, 1.165) is 17.0 Å². The molecule has 0 fully saturated rings. The summed E-state index contributed by atoms with van der Waals surface area (Å²) in [5.41, 5.74) is 4.08. The van der Waals surface area contributed by atoms with Gasteiger partial charge >= 0.3 is 0 Å². The van der Waals surface area contributed by atoms with Crippen molar-refractivity contribution < 1.29 is 22.8 Å². The molecule has 0 aliphatic carbocycles. The Labute approximate surface area is 132 Å². The molecular formula is C14H9F2N3O3S. The Morgan fingerprint density at radius 3 is 2.87 bits per heavy atom. The highest BCUT2D eigenvalue weighted by Crippen LogP contribution is 2.25. The predicted octanol–water partition coefficient (Wildman–Crippen LogP) is 2.75. The van der Waals surface area contributed by atoms with Crippen molar-refractivity contribution in [2.45, 2.75) is 6.61 Å². The Balaban J connectivity index is 1.76. The van der Waals surface area contributed by atoms with Crippen molar-refractivity contribution in [3.05, 3.63) is 52.7 Å². The number of hydrogen-bond donors (Lipinski definition) is 1. The number of amides is 1. The van der Waals surface area contributed by atoms with Crippen LogP contribution < -0.4 is 10.5 Å². The van der Waals surface area contributed by atoms with Crippen molar-refractivity contribution in [2.75, 3.05) is 0 Å². The second-order valence-corrected chi connectivity index (χ2v) is 5.32. The van der Waals surface area contributed by atoms with Crippen LogP contribution in [0.1, 0.15) is 16.2 Å². The Morgan fingerprint density at radius 1 is 1.35 bits per heavy atom. The summed E-state index contributed by atoms with van der Waals surface area (Å²) in [4.78, 5) is 16.0. The molecular weight excluding hydrogens is 328 g/mol. The molecule has 0 saturated heterocycles. The zero-order valence-corrected chi connectivity index (χ0v) is 12.3. The Kier molecular flexibility index (Phi) is 4.02. The first-order valence-electron chi connectivity index (χ1n) is 6.33. The molecule has 0 bridgehead atoms. The third-order valence-electron chi connectivity index (χ3n) is 2.86. The van der Waals surface area contributed by atoms with E-state index in [1.54, 1.807) is 0 Å². The van der Waals surface area contributed by atoms with Gasteiger partial charge in [0.05, 0.1) is 4.88 Å². The van der Waals surface area contributed by atoms with Gasteiger partial charge in [0.1, 0.15) is 11.4 Å². The van der Waals surface area contributed by atoms with Crippen molar-refractivity contribution in [1.29, 1.82) is 0 Å². The van der Waals surface area contributed by atoms with Gasteiger partial charge in [0.15, 0.2) is 18.2 Å². The third-order valence-corrected chi connectivity index (χ3v) is 3.73. The first-order valence-corrected chi connectivity index (χ1v) is 7.21. The van der Waals surface area contributed by atoms with Gasteiger partial charge in [0.2, 0.25) is 5.82 Å². The smallest absolute Gasteiger partial charge is 0.264 e. The Bertz CT molecular complexity index is 849. The summed E-state index contributed by atoms with van der Waals surface area (Å²) in [6.07, 6.45) is 0. The fourth-order valence-electron chi connectivity index (χ4n) is 1.83. The van der Waals surface area contributed by atoms with Crippen LogP contribution in [0.4, 0.5) is 8.78 Å². The zero-order chi connectivity index (χ0) is 16.4. The lowest BCUT2D eigenvalue weighted by Gasteiger charge is -2.07. The highest BCUT2D eigenvalue weighted by Gasteiger charge is 2.20. The van der Waals surface area contributed by atoms with Gasteiger partial charge < -0.3 is 15.0 Å². The lowest BCUT2D eigenvalue weighted by atomic mass is 10.1. The van der Waals surface area contributed by atoms with Gasteiger partial charge in [-0.3, -0.25) is 4.79 Å². The maximum absolute atomic E-state index is 14.0. The van der Waals surface area contributed by atoms with Crippen LogP contribution in [0.3, 0.4) is 0 Å². The first kappa shape index (κ1) is 15.1. The number of nitrogens with zero attached hydrogens (tertiary/aromatic N) is 2. The number of thiophene rings is 1. The summed E-state index contributed by atoms with van der Waals surface area (Å²) in [6, 6.07) is 5.60. The molecule has 2 heterocycles. The maximum Gasteiger partial charge on any atom is 0.264 e. The zero-order valence-electron chi connectivity index (χ0n) is 11.5. The second kappa shape index (κ2) is 6.13. The number of rotatable bonds is 5. The van der Waals surface area contributed by atoms with Crippen molar-refractivity contribution in [1.82, 2.24) is 10.1 Å².